The molecule has 0 radical (unpaired) electrons. The summed E-state index contributed by atoms with van der Waals surface area (Å²) in [5.74, 6) is 1.63. The molecule has 1 amide bonds. The number of aromatic nitrogens is 2. The van der Waals surface area contributed by atoms with Gasteiger partial charge >= 0.3 is 0 Å². The van der Waals surface area contributed by atoms with Crippen molar-refractivity contribution in [1.29, 1.82) is 5.41 Å². The van der Waals surface area contributed by atoms with E-state index in [1.54, 1.807) is 19.9 Å². The number of benzene rings is 1. The van der Waals surface area contributed by atoms with Crippen LogP contribution in [0.3, 0.4) is 0 Å². The molecule has 1 aliphatic rings. The molecule has 168 valence electrons. The second kappa shape index (κ2) is 10.9. The standard InChI is InChI=1S/C22H27N7O2S/c1-3-21(31)25-15-4-6-17(7-5-15)32-22-27-19(26-18(24)12-14(2)23)13-20(28-22)29-10-8-16(30)9-11-29/h4-7,13,23H,3,8-12H2,1-2H3,(H,25,31)(H2,24,26,27,28). The molecule has 0 aliphatic carbocycles. The van der Waals surface area contributed by atoms with Crippen molar-refractivity contribution in [2.24, 2.45) is 10.7 Å². The van der Waals surface area contributed by atoms with Crippen molar-refractivity contribution in [1.82, 2.24) is 9.97 Å². The number of hydrogen-bond acceptors (Lipinski definition) is 8. The Morgan fingerprint density at radius 3 is 2.56 bits per heavy atom. The van der Waals surface area contributed by atoms with Crippen LogP contribution in [0.4, 0.5) is 17.3 Å². The van der Waals surface area contributed by atoms with Crippen molar-refractivity contribution in [3.8, 4) is 0 Å². The fourth-order valence-electron chi connectivity index (χ4n) is 3.07. The minimum absolute atomic E-state index is 0.0401. The van der Waals surface area contributed by atoms with Gasteiger partial charge in [-0.3, -0.25) is 9.59 Å². The summed E-state index contributed by atoms with van der Waals surface area (Å²) < 4.78 is 0. The molecule has 2 aromatic rings. The molecule has 1 aliphatic heterocycles. The van der Waals surface area contributed by atoms with Crippen molar-refractivity contribution < 1.29 is 9.59 Å². The van der Waals surface area contributed by atoms with Crippen LogP contribution in [0.15, 0.2) is 45.4 Å². The highest BCUT2D eigenvalue weighted by atomic mass is 32.2. The average molecular weight is 454 g/mol. The molecule has 0 bridgehead atoms. The number of nitrogens with two attached hydrogens (primary N) is 1. The summed E-state index contributed by atoms with van der Waals surface area (Å²) in [7, 11) is 0. The Kier molecular flexibility index (Phi) is 7.93. The normalized spacial score (nSPS) is 14.4. The van der Waals surface area contributed by atoms with E-state index in [1.165, 1.54) is 11.8 Å². The van der Waals surface area contributed by atoms with Crippen LogP contribution in [0.25, 0.3) is 0 Å². The van der Waals surface area contributed by atoms with Gasteiger partial charge < -0.3 is 21.4 Å². The first-order valence-corrected chi connectivity index (χ1v) is 11.2. The fourth-order valence-corrected chi connectivity index (χ4v) is 3.83. The molecular weight excluding hydrogens is 426 g/mol. The molecule has 0 atom stereocenters. The quantitative estimate of drug-likeness (QED) is 0.316. The van der Waals surface area contributed by atoms with E-state index < -0.39 is 0 Å². The molecule has 0 spiro atoms. The molecule has 32 heavy (non-hydrogen) atoms. The van der Waals surface area contributed by atoms with E-state index in [9.17, 15) is 9.59 Å². The number of Topliss-reactive ketones (excluding diaryl/α,β-unsaturated/α-hetero) is 1. The zero-order valence-electron chi connectivity index (χ0n) is 18.2. The Morgan fingerprint density at radius 2 is 1.94 bits per heavy atom. The Hall–Kier alpha value is -3.27. The summed E-state index contributed by atoms with van der Waals surface area (Å²) in [4.78, 5) is 39.7. The molecular formula is C22H27N7O2S. The summed E-state index contributed by atoms with van der Waals surface area (Å²) in [5, 5.41) is 10.9. The van der Waals surface area contributed by atoms with Gasteiger partial charge in [0, 0.05) is 61.1 Å². The minimum Gasteiger partial charge on any atom is -0.387 e. The molecule has 1 saturated heterocycles. The third-order valence-electron chi connectivity index (χ3n) is 4.70. The van der Waals surface area contributed by atoms with Crippen molar-refractivity contribution in [2.75, 3.05) is 23.3 Å². The van der Waals surface area contributed by atoms with Gasteiger partial charge in [-0.05, 0) is 43.0 Å². The van der Waals surface area contributed by atoms with E-state index in [0.29, 0.717) is 60.7 Å². The Labute approximate surface area is 191 Å². The SMILES string of the molecule is CCC(=O)Nc1ccc(Sc2nc(N=C(N)CC(C)=N)cc(N3CCC(=O)CC3)n2)cc1. The first kappa shape index (κ1) is 23.4. The van der Waals surface area contributed by atoms with Crippen LogP contribution in [-0.4, -0.2) is 46.3 Å². The molecule has 0 saturated carbocycles. The lowest BCUT2D eigenvalue weighted by Gasteiger charge is -2.27. The number of nitrogens with zero attached hydrogens (tertiary/aromatic N) is 4. The van der Waals surface area contributed by atoms with Crippen molar-refractivity contribution in [2.45, 2.75) is 49.6 Å². The number of hydrogen-bond donors (Lipinski definition) is 3. The van der Waals surface area contributed by atoms with Crippen LogP contribution in [0.5, 0.6) is 0 Å². The van der Waals surface area contributed by atoms with E-state index in [4.69, 9.17) is 11.1 Å². The molecule has 4 N–H and O–H groups in total. The van der Waals surface area contributed by atoms with Crippen LogP contribution in [0.2, 0.25) is 0 Å². The first-order chi connectivity index (χ1) is 15.3. The third kappa shape index (κ3) is 6.88. The Balaban J connectivity index is 1.85. The number of amides is 1. The number of aliphatic imine (C=N–C) groups is 1. The van der Waals surface area contributed by atoms with E-state index >= 15 is 0 Å². The molecule has 2 heterocycles. The maximum atomic E-state index is 11.6. The number of carbonyl (C=O) groups is 2. The van der Waals surface area contributed by atoms with E-state index in [1.807, 2.05) is 29.2 Å². The van der Waals surface area contributed by atoms with Gasteiger partial charge in [0.1, 0.15) is 17.4 Å². The average Bonchev–Trinajstić information content (AvgIpc) is 2.74. The van der Waals surface area contributed by atoms with Crippen molar-refractivity contribution in [3.63, 3.8) is 0 Å². The lowest BCUT2D eigenvalue weighted by atomic mass is 10.1. The largest absolute Gasteiger partial charge is 0.387 e. The number of rotatable bonds is 8. The lowest BCUT2D eigenvalue weighted by Crippen LogP contribution is -2.34. The predicted molar refractivity (Wildman–Crippen MR) is 127 cm³/mol. The van der Waals surface area contributed by atoms with Gasteiger partial charge in [-0.25, -0.2) is 15.0 Å². The van der Waals surface area contributed by atoms with Gasteiger partial charge in [-0.15, -0.1) is 0 Å². The third-order valence-corrected chi connectivity index (χ3v) is 5.57. The summed E-state index contributed by atoms with van der Waals surface area (Å²) in [6.45, 7) is 4.68. The number of piperidine rings is 1. The van der Waals surface area contributed by atoms with Gasteiger partial charge in [0.05, 0.1) is 0 Å². The van der Waals surface area contributed by atoms with Crippen molar-refractivity contribution >= 4 is 52.3 Å². The monoisotopic (exact) mass is 453 g/mol. The summed E-state index contributed by atoms with van der Waals surface area (Å²) >= 11 is 1.37. The van der Waals surface area contributed by atoms with Crippen molar-refractivity contribution in [3.05, 3.63) is 30.3 Å². The second-order valence-electron chi connectivity index (χ2n) is 7.48. The van der Waals surface area contributed by atoms with Gasteiger partial charge in [-0.1, -0.05) is 6.92 Å². The number of amidine groups is 1. The zero-order valence-corrected chi connectivity index (χ0v) is 19.0. The maximum Gasteiger partial charge on any atom is 0.224 e. The smallest absolute Gasteiger partial charge is 0.224 e. The summed E-state index contributed by atoms with van der Waals surface area (Å²) in [6.07, 6.45) is 1.67. The molecule has 9 nitrogen and oxygen atoms in total. The van der Waals surface area contributed by atoms with Crippen LogP contribution in [0, 0.1) is 5.41 Å². The predicted octanol–water partition coefficient (Wildman–Crippen LogP) is 3.56. The summed E-state index contributed by atoms with van der Waals surface area (Å²) in [5.41, 5.74) is 7.12. The number of ketones is 1. The van der Waals surface area contributed by atoms with Gasteiger partial charge in [0.2, 0.25) is 5.91 Å². The van der Waals surface area contributed by atoms with Crippen LogP contribution in [-0.2, 0) is 9.59 Å². The van der Waals surface area contributed by atoms with Crippen LogP contribution in [0.1, 0.15) is 39.5 Å². The first-order valence-electron chi connectivity index (χ1n) is 10.4. The minimum atomic E-state index is -0.0401. The van der Waals surface area contributed by atoms with Gasteiger partial charge in [0.25, 0.3) is 0 Å². The van der Waals surface area contributed by atoms with Gasteiger partial charge in [-0.2, -0.15) is 0 Å². The number of anilines is 2. The molecule has 3 rings (SSSR count). The van der Waals surface area contributed by atoms with Gasteiger partial charge in [0.15, 0.2) is 11.0 Å². The van der Waals surface area contributed by atoms with Crippen LogP contribution >= 0.6 is 11.8 Å². The van der Waals surface area contributed by atoms with Crippen LogP contribution < -0.4 is 16.0 Å². The second-order valence-corrected chi connectivity index (χ2v) is 8.52. The highest BCUT2D eigenvalue weighted by Gasteiger charge is 2.19. The molecule has 0 unspecified atom stereocenters. The van der Waals surface area contributed by atoms with E-state index in [0.717, 1.165) is 10.6 Å². The Morgan fingerprint density at radius 1 is 1.25 bits per heavy atom. The molecule has 10 heteroatoms. The van der Waals surface area contributed by atoms with E-state index in [2.05, 4.69) is 20.3 Å². The highest BCUT2D eigenvalue weighted by Crippen LogP contribution is 2.30. The van der Waals surface area contributed by atoms with E-state index in [-0.39, 0.29) is 18.1 Å². The molecule has 1 fully saturated rings. The number of nitrogens with one attached hydrogen (secondary N) is 2. The Bertz CT molecular complexity index is 1030. The lowest BCUT2D eigenvalue weighted by molar-refractivity contribution is -0.119. The molecule has 1 aromatic heterocycles. The molecule has 1 aromatic carbocycles. The highest BCUT2D eigenvalue weighted by molar-refractivity contribution is 7.99. The maximum absolute atomic E-state index is 11.6. The summed E-state index contributed by atoms with van der Waals surface area (Å²) in [6, 6.07) is 9.21. The zero-order chi connectivity index (χ0) is 23.1. The number of carbonyl (C=O) groups excluding carboxylic acids is 2. The topological polar surface area (TPSA) is 137 Å². The fraction of sp³-hybridized carbons (Fsp3) is 0.364.